The summed E-state index contributed by atoms with van der Waals surface area (Å²) < 4.78 is 29.3. The number of rotatable bonds is 20. The molecule has 2 aromatic carbocycles. The van der Waals surface area contributed by atoms with Crippen LogP contribution in [0.1, 0.15) is 86.3 Å². The van der Waals surface area contributed by atoms with Gasteiger partial charge in [-0.1, -0.05) is 89.8 Å². The molecule has 2 unspecified atom stereocenters. The standard InChI is InChI=1S/C40H52N4O7S2/c1-6-7-8-9-10-22-51-31-17-15-28(16-18-31)30-25-41-36(42-26-30)29-13-11-27(12-14-29)24-33(37(45)43-32(39(47)48)21-23-53(5,49)50)44-38(46)34-19-20-35(52-34)40(2,3)4/h11-20,25-26,32-33,37,43,45H,6-10,21-24H2,1-5H3,(H,44,46)(H,47,48)/t32?,33-,37?/m0/s1. The lowest BCUT2D eigenvalue weighted by atomic mass is 9.95. The second kappa shape index (κ2) is 19.2. The number of hydrogen-bond donors (Lipinski definition) is 4. The van der Waals surface area contributed by atoms with E-state index in [1.54, 1.807) is 18.5 Å². The zero-order chi connectivity index (χ0) is 38.6. The summed E-state index contributed by atoms with van der Waals surface area (Å²) in [5, 5.41) is 26.5. The Kier molecular flexibility index (Phi) is 15.1. The number of carboxylic acids is 1. The quantitative estimate of drug-likeness (QED) is 0.0565. The van der Waals surface area contributed by atoms with Crippen LogP contribution in [0.25, 0.3) is 22.5 Å². The summed E-state index contributed by atoms with van der Waals surface area (Å²) in [4.78, 5) is 36.0. The van der Waals surface area contributed by atoms with Crippen molar-refractivity contribution in [3.8, 4) is 28.3 Å². The number of carbonyl (C=O) groups excluding carboxylic acids is 1. The van der Waals surface area contributed by atoms with Crippen LogP contribution >= 0.6 is 11.3 Å². The minimum atomic E-state index is -3.44. The third-order valence-corrected chi connectivity index (χ3v) is 11.2. The molecule has 0 aliphatic heterocycles. The Balaban J connectivity index is 1.44. The lowest BCUT2D eigenvalue weighted by molar-refractivity contribution is -0.140. The number of aliphatic hydroxyl groups is 1. The van der Waals surface area contributed by atoms with E-state index >= 15 is 0 Å². The topological polar surface area (TPSA) is 168 Å². The van der Waals surface area contributed by atoms with Gasteiger partial charge in [0.1, 0.15) is 27.9 Å². The van der Waals surface area contributed by atoms with E-state index in [0.717, 1.165) is 45.6 Å². The Morgan fingerprint density at radius 1 is 0.887 bits per heavy atom. The van der Waals surface area contributed by atoms with Gasteiger partial charge in [-0.3, -0.25) is 14.9 Å². The fourth-order valence-corrected chi connectivity index (χ4v) is 7.22. The number of aliphatic carboxylic acids is 1. The maximum Gasteiger partial charge on any atom is 0.320 e. The van der Waals surface area contributed by atoms with E-state index in [1.807, 2.05) is 75.4 Å². The molecule has 0 saturated heterocycles. The van der Waals surface area contributed by atoms with E-state index in [0.29, 0.717) is 17.3 Å². The second-order valence-corrected chi connectivity index (χ2v) is 17.7. The molecule has 286 valence electrons. The predicted octanol–water partition coefficient (Wildman–Crippen LogP) is 6.66. The second-order valence-electron chi connectivity index (χ2n) is 14.4. The number of benzene rings is 2. The Hall–Kier alpha value is -4.17. The summed E-state index contributed by atoms with van der Waals surface area (Å²) in [6.45, 7) is 9.06. The average molecular weight is 765 g/mol. The molecular weight excluding hydrogens is 713 g/mol. The van der Waals surface area contributed by atoms with Crippen LogP contribution in [0.3, 0.4) is 0 Å². The Morgan fingerprint density at radius 2 is 1.53 bits per heavy atom. The van der Waals surface area contributed by atoms with Gasteiger partial charge in [0.15, 0.2) is 5.82 Å². The molecule has 0 bridgehead atoms. The number of aliphatic hydroxyl groups excluding tert-OH is 1. The number of unbranched alkanes of at least 4 members (excludes halogenated alkanes) is 4. The fourth-order valence-electron chi connectivity index (χ4n) is 5.59. The zero-order valence-electron chi connectivity index (χ0n) is 31.2. The molecule has 1 amide bonds. The molecule has 13 heteroatoms. The summed E-state index contributed by atoms with van der Waals surface area (Å²) in [5.74, 6) is -0.740. The molecule has 11 nitrogen and oxygen atoms in total. The predicted molar refractivity (Wildman–Crippen MR) is 210 cm³/mol. The number of nitrogens with one attached hydrogen (secondary N) is 2. The van der Waals surface area contributed by atoms with Crippen LogP contribution in [0.2, 0.25) is 0 Å². The van der Waals surface area contributed by atoms with Gasteiger partial charge in [-0.05, 0) is 60.1 Å². The number of ether oxygens (including phenoxy) is 1. The van der Waals surface area contributed by atoms with Crippen molar-refractivity contribution in [2.45, 2.75) is 96.4 Å². The highest BCUT2D eigenvalue weighted by Gasteiger charge is 2.29. The molecule has 0 aliphatic rings. The minimum absolute atomic E-state index is 0.147. The number of hydrogen-bond acceptors (Lipinski definition) is 10. The van der Waals surface area contributed by atoms with E-state index in [-0.39, 0.29) is 24.0 Å². The van der Waals surface area contributed by atoms with E-state index in [2.05, 4.69) is 27.5 Å². The number of nitrogens with zero attached hydrogens (tertiary/aromatic N) is 2. The van der Waals surface area contributed by atoms with Crippen molar-refractivity contribution < 1.29 is 33.0 Å². The third-order valence-electron chi connectivity index (χ3n) is 8.74. The van der Waals surface area contributed by atoms with Crippen LogP contribution in [0.15, 0.2) is 73.1 Å². The van der Waals surface area contributed by atoms with Crippen molar-refractivity contribution in [3.05, 3.63) is 88.4 Å². The number of carboxylic acid groups (broad SMARTS) is 1. The molecule has 3 atom stereocenters. The summed E-state index contributed by atoms with van der Waals surface area (Å²) in [7, 11) is -3.44. The van der Waals surface area contributed by atoms with Gasteiger partial charge in [0.2, 0.25) is 0 Å². The van der Waals surface area contributed by atoms with Crippen molar-refractivity contribution in [1.82, 2.24) is 20.6 Å². The maximum absolute atomic E-state index is 13.4. The van der Waals surface area contributed by atoms with Crippen LogP contribution in [0.5, 0.6) is 5.75 Å². The van der Waals surface area contributed by atoms with Crippen molar-refractivity contribution in [2.24, 2.45) is 0 Å². The first kappa shape index (κ1) is 41.6. The van der Waals surface area contributed by atoms with Crippen LogP contribution < -0.4 is 15.4 Å². The highest BCUT2D eigenvalue weighted by atomic mass is 32.2. The van der Waals surface area contributed by atoms with Gasteiger partial charge in [-0.15, -0.1) is 11.3 Å². The van der Waals surface area contributed by atoms with Crippen molar-refractivity contribution >= 4 is 33.1 Å². The van der Waals surface area contributed by atoms with Crippen molar-refractivity contribution in [1.29, 1.82) is 0 Å². The molecule has 0 aliphatic carbocycles. The lowest BCUT2D eigenvalue weighted by Gasteiger charge is -2.27. The van der Waals surface area contributed by atoms with Gasteiger partial charge in [-0.25, -0.2) is 18.4 Å². The Morgan fingerprint density at radius 3 is 2.11 bits per heavy atom. The number of amides is 1. The van der Waals surface area contributed by atoms with E-state index in [4.69, 9.17) is 4.74 Å². The summed E-state index contributed by atoms with van der Waals surface area (Å²) in [6, 6.07) is 16.6. The number of aromatic nitrogens is 2. The average Bonchev–Trinajstić information content (AvgIpc) is 3.63. The van der Waals surface area contributed by atoms with Gasteiger partial charge in [-0.2, -0.15) is 0 Å². The molecule has 2 aromatic heterocycles. The molecule has 4 rings (SSSR count). The van der Waals surface area contributed by atoms with Gasteiger partial charge in [0.05, 0.1) is 23.3 Å². The SMILES string of the molecule is CCCCCCCOc1ccc(-c2cnc(-c3ccc(C[C@H](NC(=O)c4ccc(C(C)(C)C)s4)C(O)NC(CCS(C)(=O)=O)C(=O)O)cc3)nc2)cc1. The minimum Gasteiger partial charge on any atom is -0.494 e. The molecular formula is C40H52N4O7S2. The number of thiophene rings is 1. The van der Waals surface area contributed by atoms with Crippen molar-refractivity contribution in [2.75, 3.05) is 18.6 Å². The highest BCUT2D eigenvalue weighted by molar-refractivity contribution is 7.90. The molecule has 0 spiro atoms. The highest BCUT2D eigenvalue weighted by Crippen LogP contribution is 2.30. The molecule has 2 heterocycles. The largest absolute Gasteiger partial charge is 0.494 e. The third kappa shape index (κ3) is 13.3. The zero-order valence-corrected chi connectivity index (χ0v) is 32.8. The Bertz CT molecular complexity index is 1870. The maximum atomic E-state index is 13.4. The molecule has 4 N–H and O–H groups in total. The van der Waals surface area contributed by atoms with E-state index < -0.39 is 40.0 Å². The number of carbonyl (C=O) groups is 2. The smallest absolute Gasteiger partial charge is 0.320 e. The normalized spacial score (nSPS) is 13.6. The molecule has 0 radical (unpaired) electrons. The summed E-state index contributed by atoms with van der Waals surface area (Å²) >= 11 is 1.35. The van der Waals surface area contributed by atoms with Crippen LogP contribution in [0.4, 0.5) is 0 Å². The molecule has 0 saturated carbocycles. The van der Waals surface area contributed by atoms with Gasteiger partial charge < -0.3 is 20.3 Å². The number of sulfone groups is 1. The summed E-state index contributed by atoms with van der Waals surface area (Å²) in [5.41, 5.74) is 3.21. The Labute approximate surface area is 317 Å². The van der Waals surface area contributed by atoms with Crippen LogP contribution in [-0.4, -0.2) is 77.4 Å². The molecule has 53 heavy (non-hydrogen) atoms. The van der Waals surface area contributed by atoms with Crippen LogP contribution in [0, 0.1) is 0 Å². The fraction of sp³-hybridized carbons (Fsp3) is 0.450. The molecule has 0 fully saturated rings. The van der Waals surface area contributed by atoms with E-state index in [1.165, 1.54) is 37.0 Å². The first-order valence-corrected chi connectivity index (χ1v) is 20.9. The lowest BCUT2D eigenvalue weighted by Crippen LogP contribution is -2.55. The van der Waals surface area contributed by atoms with Gasteiger partial charge in [0.25, 0.3) is 5.91 Å². The molecule has 4 aromatic rings. The van der Waals surface area contributed by atoms with Crippen LogP contribution in [-0.2, 0) is 26.5 Å². The first-order valence-electron chi connectivity index (χ1n) is 18.0. The monoisotopic (exact) mass is 764 g/mol. The van der Waals surface area contributed by atoms with E-state index in [9.17, 15) is 28.2 Å². The summed E-state index contributed by atoms with van der Waals surface area (Å²) in [6.07, 6.45) is 8.90. The van der Waals surface area contributed by atoms with Gasteiger partial charge in [0, 0.05) is 34.7 Å². The van der Waals surface area contributed by atoms with Crippen molar-refractivity contribution in [3.63, 3.8) is 0 Å². The van der Waals surface area contributed by atoms with Gasteiger partial charge >= 0.3 is 5.97 Å². The first-order chi connectivity index (χ1) is 25.1.